The summed E-state index contributed by atoms with van der Waals surface area (Å²) < 4.78 is 45.1. The van der Waals surface area contributed by atoms with Crippen LogP contribution in [0, 0.1) is 0 Å². The summed E-state index contributed by atoms with van der Waals surface area (Å²) in [6, 6.07) is -0.926. The van der Waals surface area contributed by atoms with Gasteiger partial charge in [-0.3, -0.25) is 9.08 Å². The lowest BCUT2D eigenvalue weighted by molar-refractivity contribution is 0.0145. The first-order valence-electron chi connectivity index (χ1n) is 5.97. The quantitative estimate of drug-likeness (QED) is 0.734. The molecule has 0 unspecified atom stereocenters. The predicted octanol–water partition coefficient (Wildman–Crippen LogP) is 1.31. The van der Waals surface area contributed by atoms with Crippen molar-refractivity contribution >= 4 is 16.2 Å². The third-order valence-electron chi connectivity index (χ3n) is 2.57. The molecule has 0 spiro atoms. The van der Waals surface area contributed by atoms with Crippen LogP contribution in [0.3, 0.4) is 0 Å². The molecule has 1 saturated heterocycles. The third-order valence-corrected chi connectivity index (χ3v) is 3.17. The number of hydrogen-bond acceptors (Lipinski definition) is 5. The van der Waals surface area contributed by atoms with Crippen LogP contribution in [-0.2, 0) is 19.0 Å². The van der Waals surface area contributed by atoms with Crippen LogP contribution >= 0.6 is 0 Å². The van der Waals surface area contributed by atoms with Crippen LogP contribution in [0.4, 0.5) is 9.18 Å². The fraction of sp³-hybridized carbons (Fsp3) is 0.909. The fourth-order valence-electron chi connectivity index (χ4n) is 1.89. The van der Waals surface area contributed by atoms with E-state index < -0.39 is 40.6 Å². The van der Waals surface area contributed by atoms with Crippen molar-refractivity contribution in [1.29, 1.82) is 0 Å². The van der Waals surface area contributed by atoms with E-state index in [1.165, 1.54) is 4.90 Å². The number of alkyl halides is 1. The minimum Gasteiger partial charge on any atom is -0.444 e. The van der Waals surface area contributed by atoms with Gasteiger partial charge in [0.05, 0.1) is 12.3 Å². The highest BCUT2D eigenvalue weighted by Crippen LogP contribution is 2.25. The summed E-state index contributed by atoms with van der Waals surface area (Å²) in [5.74, 6) is 0. The summed E-state index contributed by atoms with van der Waals surface area (Å²) in [6.45, 7) is 4.45. The molecule has 1 heterocycles. The molecule has 19 heavy (non-hydrogen) atoms. The van der Waals surface area contributed by atoms with Gasteiger partial charge in [-0.15, -0.1) is 0 Å². The van der Waals surface area contributed by atoms with Crippen LogP contribution < -0.4 is 0 Å². The van der Waals surface area contributed by atoms with Crippen molar-refractivity contribution in [3.05, 3.63) is 0 Å². The van der Waals surface area contributed by atoms with E-state index >= 15 is 0 Å². The van der Waals surface area contributed by atoms with Crippen LogP contribution in [0.1, 0.15) is 27.2 Å². The Morgan fingerprint density at radius 3 is 2.42 bits per heavy atom. The fourth-order valence-corrected chi connectivity index (χ4v) is 2.57. The summed E-state index contributed by atoms with van der Waals surface area (Å²) in [4.78, 5) is 13.1. The number of hydrogen-bond donors (Lipinski definition) is 0. The Bertz CT molecular complexity index is 431. The molecule has 1 fully saturated rings. The van der Waals surface area contributed by atoms with Gasteiger partial charge >= 0.3 is 6.09 Å². The maximum atomic E-state index is 13.0. The highest BCUT2D eigenvalue weighted by atomic mass is 32.2. The van der Waals surface area contributed by atoms with Gasteiger partial charge in [-0.05, 0) is 27.2 Å². The van der Waals surface area contributed by atoms with Gasteiger partial charge in [0.1, 0.15) is 18.4 Å². The van der Waals surface area contributed by atoms with Gasteiger partial charge in [-0.25, -0.2) is 9.18 Å². The molecule has 112 valence electrons. The summed E-state index contributed by atoms with van der Waals surface area (Å²) in [6.07, 6.45) is -0.346. The van der Waals surface area contributed by atoms with Gasteiger partial charge in [-0.2, -0.15) is 8.42 Å². The van der Waals surface area contributed by atoms with Crippen molar-refractivity contribution in [2.24, 2.45) is 0 Å². The topological polar surface area (TPSA) is 72.9 Å². The number of nitrogens with zero attached hydrogens (tertiary/aromatic N) is 1. The second kappa shape index (κ2) is 5.62. The maximum Gasteiger partial charge on any atom is 0.410 e. The Kier molecular flexibility index (Phi) is 4.78. The molecule has 0 aromatic carbocycles. The standard InChI is InChI=1S/C11H20FNO5S/c1-11(2,3)17-10(14)13-6-5-9(8(13)7-12)18-19(4,15)16/h8-9H,5-7H2,1-4H3/t8-,9+/m1/s1. The summed E-state index contributed by atoms with van der Waals surface area (Å²) in [5, 5.41) is 0. The van der Waals surface area contributed by atoms with Crippen LogP contribution in [0.15, 0.2) is 0 Å². The van der Waals surface area contributed by atoms with Gasteiger partial charge in [0.15, 0.2) is 0 Å². The molecule has 1 rings (SSSR count). The second-order valence-corrected chi connectivity index (χ2v) is 7.12. The first-order chi connectivity index (χ1) is 8.53. The van der Waals surface area contributed by atoms with Gasteiger partial charge in [0.25, 0.3) is 10.1 Å². The van der Waals surface area contributed by atoms with Gasteiger partial charge in [0, 0.05) is 6.54 Å². The Morgan fingerprint density at radius 1 is 1.42 bits per heavy atom. The van der Waals surface area contributed by atoms with Gasteiger partial charge in [0.2, 0.25) is 0 Å². The normalized spacial score (nSPS) is 24.6. The van der Waals surface area contributed by atoms with Gasteiger partial charge in [-0.1, -0.05) is 0 Å². The Labute approximate surface area is 113 Å². The molecular formula is C11H20FNO5S. The molecule has 0 N–H and O–H groups in total. The van der Waals surface area contributed by atoms with Crippen LogP contribution in [0.2, 0.25) is 0 Å². The number of amides is 1. The van der Waals surface area contributed by atoms with Gasteiger partial charge < -0.3 is 4.74 Å². The number of halogens is 1. The lowest BCUT2D eigenvalue weighted by atomic mass is 10.2. The second-order valence-electron chi connectivity index (χ2n) is 5.52. The number of carbonyl (C=O) groups excluding carboxylic acids is 1. The average Bonchev–Trinajstić information content (AvgIpc) is 2.55. The summed E-state index contributed by atoms with van der Waals surface area (Å²) >= 11 is 0. The first kappa shape index (κ1) is 16.2. The molecule has 1 amide bonds. The van der Waals surface area contributed by atoms with Crippen molar-refractivity contribution in [2.75, 3.05) is 19.5 Å². The molecule has 1 aliphatic heterocycles. The van der Waals surface area contributed by atoms with Crippen molar-refractivity contribution in [1.82, 2.24) is 4.90 Å². The number of likely N-dealkylation sites (tertiary alicyclic amines) is 1. The molecule has 2 atom stereocenters. The van der Waals surface area contributed by atoms with E-state index in [2.05, 4.69) is 0 Å². The molecule has 0 bridgehead atoms. The number of rotatable bonds is 3. The molecule has 6 nitrogen and oxygen atoms in total. The molecule has 1 aliphatic rings. The predicted molar refractivity (Wildman–Crippen MR) is 67.0 cm³/mol. The Morgan fingerprint density at radius 2 is 2.00 bits per heavy atom. The number of ether oxygens (including phenoxy) is 1. The molecule has 0 aromatic heterocycles. The highest BCUT2D eigenvalue weighted by molar-refractivity contribution is 7.86. The van der Waals surface area contributed by atoms with E-state index in [0.717, 1.165) is 6.26 Å². The minimum absolute atomic E-state index is 0.212. The van der Waals surface area contributed by atoms with Crippen molar-refractivity contribution in [2.45, 2.75) is 44.9 Å². The Hall–Kier alpha value is -0.890. The smallest absolute Gasteiger partial charge is 0.410 e. The molecule has 0 aliphatic carbocycles. The van der Waals surface area contributed by atoms with E-state index in [1.807, 2.05) is 0 Å². The zero-order chi connectivity index (χ0) is 14.8. The van der Waals surface area contributed by atoms with E-state index in [-0.39, 0.29) is 13.0 Å². The first-order valence-corrected chi connectivity index (χ1v) is 7.79. The molecule has 0 radical (unpaired) electrons. The average molecular weight is 297 g/mol. The zero-order valence-corrected chi connectivity index (χ0v) is 12.4. The Balaban J connectivity index is 2.75. The molecule has 0 saturated carbocycles. The number of carbonyl (C=O) groups is 1. The summed E-state index contributed by atoms with van der Waals surface area (Å²) in [5.41, 5.74) is -0.687. The van der Waals surface area contributed by atoms with E-state index in [4.69, 9.17) is 8.92 Å². The highest BCUT2D eigenvalue weighted by Gasteiger charge is 2.41. The largest absolute Gasteiger partial charge is 0.444 e. The lowest BCUT2D eigenvalue weighted by Gasteiger charge is -2.28. The SMILES string of the molecule is CC(C)(C)OC(=O)N1CC[C@H](OS(C)(=O)=O)[C@H]1CF. The zero-order valence-electron chi connectivity index (χ0n) is 11.6. The summed E-state index contributed by atoms with van der Waals surface area (Å²) in [7, 11) is -3.68. The third kappa shape index (κ3) is 4.94. The van der Waals surface area contributed by atoms with Crippen molar-refractivity contribution in [3.63, 3.8) is 0 Å². The van der Waals surface area contributed by atoms with Crippen molar-refractivity contribution < 1.29 is 26.5 Å². The van der Waals surface area contributed by atoms with Crippen LogP contribution in [0.25, 0.3) is 0 Å². The maximum absolute atomic E-state index is 13.0. The molecule has 0 aromatic rings. The van der Waals surface area contributed by atoms with Crippen LogP contribution in [0.5, 0.6) is 0 Å². The van der Waals surface area contributed by atoms with E-state index in [9.17, 15) is 17.6 Å². The van der Waals surface area contributed by atoms with E-state index in [1.54, 1.807) is 20.8 Å². The van der Waals surface area contributed by atoms with Crippen LogP contribution in [-0.4, -0.2) is 56.6 Å². The van der Waals surface area contributed by atoms with Crippen molar-refractivity contribution in [3.8, 4) is 0 Å². The molecule has 8 heteroatoms. The van der Waals surface area contributed by atoms with E-state index in [0.29, 0.717) is 0 Å². The lowest BCUT2D eigenvalue weighted by Crippen LogP contribution is -2.44. The molecular weight excluding hydrogens is 277 g/mol. The minimum atomic E-state index is -3.68. The monoisotopic (exact) mass is 297 g/mol.